The Morgan fingerprint density at radius 1 is 1.52 bits per heavy atom. The molecule has 2 aromatic heterocycles. The molecule has 1 aromatic carbocycles. The molecular formula is C13H11ClN4O2S. The summed E-state index contributed by atoms with van der Waals surface area (Å²) in [5.74, 6) is -0.302. The normalized spacial score (nSPS) is 11.0. The molecule has 0 aliphatic rings. The van der Waals surface area contributed by atoms with Crippen LogP contribution in [-0.2, 0) is 4.74 Å². The number of para-hydroxylation sites is 1. The average molecular weight is 323 g/mol. The first-order valence-corrected chi connectivity index (χ1v) is 7.37. The summed E-state index contributed by atoms with van der Waals surface area (Å²) in [6, 6.07) is 5.53. The molecule has 2 N–H and O–H groups in total. The number of esters is 1. The number of hydrogen-bond acceptors (Lipinski definition) is 6. The molecule has 0 radical (unpaired) electrons. The fraction of sp³-hybridized carbons (Fsp3) is 0.154. The molecule has 3 aromatic rings. The van der Waals surface area contributed by atoms with Gasteiger partial charge in [0.15, 0.2) is 0 Å². The summed E-state index contributed by atoms with van der Waals surface area (Å²) in [4.78, 5) is 16.2. The third kappa shape index (κ3) is 2.34. The van der Waals surface area contributed by atoms with Crippen molar-refractivity contribution in [2.24, 2.45) is 0 Å². The van der Waals surface area contributed by atoms with Crippen LogP contribution in [0.5, 0.6) is 0 Å². The Bertz CT molecular complexity index is 827. The zero-order valence-corrected chi connectivity index (χ0v) is 12.6. The van der Waals surface area contributed by atoms with Gasteiger partial charge in [-0.2, -0.15) is 9.78 Å². The van der Waals surface area contributed by atoms with E-state index in [-0.39, 0.29) is 18.0 Å². The second-order valence-electron chi connectivity index (χ2n) is 4.16. The maximum absolute atomic E-state index is 11.7. The molecule has 0 saturated carbocycles. The van der Waals surface area contributed by atoms with Gasteiger partial charge in [0, 0.05) is 0 Å². The van der Waals surface area contributed by atoms with Crippen LogP contribution in [0.15, 0.2) is 24.4 Å². The van der Waals surface area contributed by atoms with Crippen LogP contribution < -0.4 is 5.73 Å². The van der Waals surface area contributed by atoms with Crippen molar-refractivity contribution in [2.75, 3.05) is 12.3 Å². The third-order valence-corrected chi connectivity index (χ3v) is 4.14. The number of nitrogen functional groups attached to an aromatic ring is 1. The number of aromatic nitrogens is 3. The van der Waals surface area contributed by atoms with Crippen LogP contribution in [0.25, 0.3) is 15.3 Å². The predicted molar refractivity (Wildman–Crippen MR) is 82.1 cm³/mol. The number of benzene rings is 1. The van der Waals surface area contributed by atoms with E-state index < -0.39 is 5.97 Å². The minimum Gasteiger partial charge on any atom is -0.462 e. The molecular weight excluding hydrogens is 312 g/mol. The van der Waals surface area contributed by atoms with E-state index in [0.717, 1.165) is 4.70 Å². The first-order chi connectivity index (χ1) is 10.1. The Balaban J connectivity index is 2.07. The second-order valence-corrected chi connectivity index (χ2v) is 5.58. The van der Waals surface area contributed by atoms with Gasteiger partial charge in [-0.1, -0.05) is 29.0 Å². The van der Waals surface area contributed by atoms with E-state index in [0.29, 0.717) is 15.7 Å². The Labute approximate surface area is 129 Å². The van der Waals surface area contributed by atoms with Gasteiger partial charge in [-0.15, -0.1) is 0 Å². The molecule has 108 valence electrons. The highest BCUT2D eigenvalue weighted by Gasteiger charge is 2.19. The zero-order valence-electron chi connectivity index (χ0n) is 11.0. The smallest absolute Gasteiger partial charge is 0.343 e. The first-order valence-electron chi connectivity index (χ1n) is 6.18. The molecule has 0 aliphatic heterocycles. The maximum Gasteiger partial charge on any atom is 0.343 e. The number of anilines is 1. The van der Waals surface area contributed by atoms with Gasteiger partial charge in [-0.3, -0.25) is 0 Å². The number of carbonyl (C=O) groups excluding carboxylic acids is 1. The summed E-state index contributed by atoms with van der Waals surface area (Å²) < 4.78 is 7.26. The van der Waals surface area contributed by atoms with E-state index in [1.165, 1.54) is 22.2 Å². The van der Waals surface area contributed by atoms with Crippen molar-refractivity contribution in [1.29, 1.82) is 0 Å². The minimum atomic E-state index is -0.500. The predicted octanol–water partition coefficient (Wildman–Crippen LogP) is 2.89. The molecule has 0 fully saturated rings. The molecule has 0 bridgehead atoms. The van der Waals surface area contributed by atoms with Crippen LogP contribution in [0.1, 0.15) is 17.3 Å². The maximum atomic E-state index is 11.7. The SMILES string of the molecule is CCOC(=O)c1cnn(-c2nc3c(Cl)cccc3s2)c1N. The van der Waals surface area contributed by atoms with E-state index in [4.69, 9.17) is 22.1 Å². The second kappa shape index (κ2) is 5.34. The Kier molecular flexibility index (Phi) is 3.52. The summed E-state index contributed by atoms with van der Waals surface area (Å²) >= 11 is 7.49. The number of nitrogens with zero attached hydrogens (tertiary/aromatic N) is 3. The fourth-order valence-corrected chi connectivity index (χ4v) is 3.11. The van der Waals surface area contributed by atoms with Gasteiger partial charge in [-0.05, 0) is 19.1 Å². The molecule has 8 heteroatoms. The number of carbonyl (C=O) groups is 1. The largest absolute Gasteiger partial charge is 0.462 e. The van der Waals surface area contributed by atoms with Gasteiger partial charge < -0.3 is 10.5 Å². The quantitative estimate of drug-likeness (QED) is 0.750. The van der Waals surface area contributed by atoms with Crippen molar-refractivity contribution in [3.8, 4) is 5.13 Å². The number of nitrogens with two attached hydrogens (primary N) is 1. The third-order valence-electron chi connectivity index (χ3n) is 2.84. The summed E-state index contributed by atoms with van der Waals surface area (Å²) in [5, 5.41) is 5.22. The van der Waals surface area contributed by atoms with Crippen molar-refractivity contribution >= 4 is 44.9 Å². The molecule has 3 rings (SSSR count). The molecule has 0 aliphatic carbocycles. The fourth-order valence-electron chi connectivity index (χ4n) is 1.87. The summed E-state index contributed by atoms with van der Waals surface area (Å²) in [6.45, 7) is 2.01. The minimum absolute atomic E-state index is 0.198. The lowest BCUT2D eigenvalue weighted by atomic mass is 10.3. The van der Waals surface area contributed by atoms with Crippen molar-refractivity contribution in [3.05, 3.63) is 35.0 Å². The number of thiazole rings is 1. The van der Waals surface area contributed by atoms with Crippen LogP contribution in [0, 0.1) is 0 Å². The molecule has 0 amide bonds. The Morgan fingerprint density at radius 3 is 3.05 bits per heavy atom. The highest BCUT2D eigenvalue weighted by Crippen LogP contribution is 2.31. The standard InChI is InChI=1S/C13H11ClN4O2S/c1-2-20-12(19)7-6-16-18(11(7)15)13-17-10-8(14)4-3-5-9(10)21-13/h3-6H,2,15H2,1H3. The highest BCUT2D eigenvalue weighted by atomic mass is 35.5. The van der Waals surface area contributed by atoms with Crippen LogP contribution in [0.3, 0.4) is 0 Å². The van der Waals surface area contributed by atoms with E-state index >= 15 is 0 Å². The van der Waals surface area contributed by atoms with Crippen LogP contribution >= 0.6 is 22.9 Å². The van der Waals surface area contributed by atoms with Crippen molar-refractivity contribution < 1.29 is 9.53 Å². The van der Waals surface area contributed by atoms with Gasteiger partial charge in [0.2, 0.25) is 5.13 Å². The van der Waals surface area contributed by atoms with Crippen LogP contribution in [0.4, 0.5) is 5.82 Å². The monoisotopic (exact) mass is 322 g/mol. The lowest BCUT2D eigenvalue weighted by molar-refractivity contribution is 0.0527. The Hall–Kier alpha value is -2.12. The molecule has 0 atom stereocenters. The zero-order chi connectivity index (χ0) is 15.0. The lowest BCUT2D eigenvalue weighted by Gasteiger charge is -2.01. The molecule has 6 nitrogen and oxygen atoms in total. The van der Waals surface area contributed by atoms with E-state index in [2.05, 4.69) is 10.1 Å². The Morgan fingerprint density at radius 2 is 2.33 bits per heavy atom. The van der Waals surface area contributed by atoms with Crippen molar-refractivity contribution in [3.63, 3.8) is 0 Å². The molecule has 2 heterocycles. The van der Waals surface area contributed by atoms with Crippen molar-refractivity contribution in [2.45, 2.75) is 6.92 Å². The van der Waals surface area contributed by atoms with Crippen molar-refractivity contribution in [1.82, 2.24) is 14.8 Å². The number of rotatable bonds is 3. The topological polar surface area (TPSA) is 83.0 Å². The molecule has 0 saturated heterocycles. The average Bonchev–Trinajstić information content (AvgIpc) is 3.03. The first kappa shape index (κ1) is 13.8. The van der Waals surface area contributed by atoms with E-state index in [9.17, 15) is 4.79 Å². The summed E-state index contributed by atoms with van der Waals surface area (Å²) in [6.07, 6.45) is 1.38. The van der Waals surface area contributed by atoms with Gasteiger partial charge in [0.25, 0.3) is 0 Å². The summed E-state index contributed by atoms with van der Waals surface area (Å²) in [7, 11) is 0. The molecule has 0 unspecified atom stereocenters. The number of hydrogen-bond donors (Lipinski definition) is 1. The van der Waals surface area contributed by atoms with E-state index in [1.807, 2.05) is 12.1 Å². The number of halogens is 1. The van der Waals surface area contributed by atoms with Crippen LogP contribution in [0.2, 0.25) is 5.02 Å². The van der Waals surface area contributed by atoms with Gasteiger partial charge >= 0.3 is 5.97 Å². The molecule has 21 heavy (non-hydrogen) atoms. The number of ether oxygens (including phenoxy) is 1. The van der Waals surface area contributed by atoms with Gasteiger partial charge in [-0.25, -0.2) is 9.78 Å². The lowest BCUT2D eigenvalue weighted by Crippen LogP contribution is -2.08. The number of fused-ring (bicyclic) bond motifs is 1. The van der Waals surface area contributed by atoms with Crippen LogP contribution in [-0.4, -0.2) is 27.3 Å². The van der Waals surface area contributed by atoms with Gasteiger partial charge in [0.1, 0.15) is 16.9 Å². The highest BCUT2D eigenvalue weighted by molar-refractivity contribution is 7.20. The van der Waals surface area contributed by atoms with E-state index in [1.54, 1.807) is 13.0 Å². The molecule has 0 spiro atoms. The van der Waals surface area contributed by atoms with Gasteiger partial charge in [0.05, 0.1) is 22.5 Å². The summed E-state index contributed by atoms with van der Waals surface area (Å²) in [5.41, 5.74) is 6.87.